The Morgan fingerprint density at radius 1 is 1.33 bits per heavy atom. The van der Waals surface area contributed by atoms with Crippen molar-refractivity contribution in [2.75, 3.05) is 5.73 Å². The van der Waals surface area contributed by atoms with Crippen LogP contribution in [0.2, 0.25) is 0 Å². The van der Waals surface area contributed by atoms with Crippen molar-refractivity contribution in [2.45, 2.75) is 13.5 Å². The molecule has 2 N–H and O–H groups in total. The van der Waals surface area contributed by atoms with Crippen molar-refractivity contribution in [3.05, 3.63) is 46.2 Å². The lowest BCUT2D eigenvalue weighted by atomic mass is 10.2. The van der Waals surface area contributed by atoms with E-state index in [9.17, 15) is 0 Å². The van der Waals surface area contributed by atoms with Crippen LogP contribution in [0, 0.1) is 6.92 Å². The number of thiophene rings is 1. The number of anilines is 1. The smallest absolute Gasteiger partial charge is 0.124 e. The number of nitrogen functional groups attached to an aromatic ring is 1. The highest BCUT2D eigenvalue weighted by Gasteiger charge is 2.01. The van der Waals surface area contributed by atoms with E-state index in [0.29, 0.717) is 6.61 Å². The van der Waals surface area contributed by atoms with Gasteiger partial charge in [-0.05, 0) is 30.0 Å². The third-order valence-electron chi connectivity index (χ3n) is 2.16. The largest absolute Gasteiger partial charge is 0.488 e. The lowest BCUT2D eigenvalue weighted by Crippen LogP contribution is -1.96. The van der Waals surface area contributed by atoms with Crippen LogP contribution < -0.4 is 10.5 Å². The fourth-order valence-corrected chi connectivity index (χ4v) is 1.93. The van der Waals surface area contributed by atoms with Crippen molar-refractivity contribution < 1.29 is 4.74 Å². The van der Waals surface area contributed by atoms with Gasteiger partial charge in [-0.25, -0.2) is 0 Å². The normalized spacial score (nSPS) is 10.2. The number of ether oxygens (including phenoxy) is 1. The molecule has 0 bridgehead atoms. The minimum absolute atomic E-state index is 0.613. The molecule has 0 spiro atoms. The first kappa shape index (κ1) is 10.1. The number of benzene rings is 1. The van der Waals surface area contributed by atoms with Crippen LogP contribution in [0.15, 0.2) is 35.7 Å². The van der Waals surface area contributed by atoms with Crippen molar-refractivity contribution in [1.82, 2.24) is 0 Å². The van der Waals surface area contributed by atoms with Crippen molar-refractivity contribution in [2.24, 2.45) is 0 Å². The lowest BCUT2D eigenvalue weighted by molar-refractivity contribution is 0.308. The summed E-state index contributed by atoms with van der Waals surface area (Å²) < 4.78 is 5.69. The predicted octanol–water partition coefficient (Wildman–Crippen LogP) is 3.22. The zero-order valence-corrected chi connectivity index (χ0v) is 9.38. The predicted molar refractivity (Wildman–Crippen MR) is 64.2 cm³/mol. The van der Waals surface area contributed by atoms with Crippen LogP contribution in [0.4, 0.5) is 5.69 Å². The number of rotatable bonds is 3. The van der Waals surface area contributed by atoms with Crippen LogP contribution in [0.25, 0.3) is 0 Å². The number of hydrogen-bond donors (Lipinski definition) is 1. The van der Waals surface area contributed by atoms with Crippen LogP contribution in [0.5, 0.6) is 5.75 Å². The molecule has 3 heteroatoms. The number of aryl methyl sites for hydroxylation is 1. The molecule has 0 fully saturated rings. The van der Waals surface area contributed by atoms with E-state index in [1.807, 2.05) is 36.6 Å². The average molecular weight is 219 g/mol. The summed E-state index contributed by atoms with van der Waals surface area (Å²) in [4.78, 5) is 1.22. The maximum atomic E-state index is 5.70. The van der Waals surface area contributed by atoms with Gasteiger partial charge in [0.1, 0.15) is 12.4 Å². The Labute approximate surface area is 93.3 Å². The highest BCUT2D eigenvalue weighted by molar-refractivity contribution is 7.09. The Kier molecular flexibility index (Phi) is 2.92. The summed E-state index contributed by atoms with van der Waals surface area (Å²) in [7, 11) is 0. The molecular weight excluding hydrogens is 206 g/mol. The minimum atomic E-state index is 0.613. The van der Waals surface area contributed by atoms with Crippen LogP contribution in [-0.2, 0) is 6.61 Å². The van der Waals surface area contributed by atoms with Gasteiger partial charge in [0.15, 0.2) is 0 Å². The molecule has 0 saturated heterocycles. The van der Waals surface area contributed by atoms with E-state index in [1.165, 1.54) is 4.88 Å². The van der Waals surface area contributed by atoms with Gasteiger partial charge in [-0.3, -0.25) is 0 Å². The summed E-state index contributed by atoms with van der Waals surface area (Å²) in [6, 6.07) is 9.80. The molecule has 2 nitrogen and oxygen atoms in total. The second kappa shape index (κ2) is 4.36. The second-order valence-electron chi connectivity index (χ2n) is 3.39. The first-order chi connectivity index (χ1) is 7.25. The zero-order chi connectivity index (χ0) is 10.7. The topological polar surface area (TPSA) is 35.2 Å². The molecule has 0 amide bonds. The molecule has 0 aliphatic carbocycles. The average Bonchev–Trinajstić information content (AvgIpc) is 2.72. The van der Waals surface area contributed by atoms with Crippen LogP contribution >= 0.6 is 11.3 Å². The van der Waals surface area contributed by atoms with E-state index in [1.54, 1.807) is 11.3 Å². The van der Waals surface area contributed by atoms with Crippen LogP contribution in [-0.4, -0.2) is 0 Å². The van der Waals surface area contributed by atoms with Crippen molar-refractivity contribution in [3.63, 3.8) is 0 Å². The summed E-state index contributed by atoms with van der Waals surface area (Å²) in [5.41, 5.74) is 7.55. The highest BCUT2D eigenvalue weighted by atomic mass is 32.1. The molecule has 2 rings (SSSR count). The molecule has 78 valence electrons. The van der Waals surface area contributed by atoms with E-state index in [0.717, 1.165) is 17.0 Å². The summed E-state index contributed by atoms with van der Waals surface area (Å²) in [5, 5.41) is 2.05. The SMILES string of the molecule is Cc1ccc(N)cc1OCc1cccs1. The molecule has 1 aromatic heterocycles. The molecular formula is C12H13NOS. The van der Waals surface area contributed by atoms with Gasteiger partial charge in [-0.15, -0.1) is 11.3 Å². The molecule has 0 saturated carbocycles. The highest BCUT2D eigenvalue weighted by Crippen LogP contribution is 2.22. The van der Waals surface area contributed by atoms with Gasteiger partial charge >= 0.3 is 0 Å². The summed E-state index contributed by atoms with van der Waals surface area (Å²) in [6.45, 7) is 2.63. The molecule has 0 atom stereocenters. The van der Waals surface area contributed by atoms with Gasteiger partial charge in [-0.1, -0.05) is 12.1 Å². The number of hydrogen-bond acceptors (Lipinski definition) is 3. The Balaban J connectivity index is 2.07. The molecule has 0 aliphatic heterocycles. The third-order valence-corrected chi connectivity index (χ3v) is 3.01. The van der Waals surface area contributed by atoms with Gasteiger partial charge < -0.3 is 10.5 Å². The Morgan fingerprint density at radius 2 is 2.20 bits per heavy atom. The van der Waals surface area contributed by atoms with Gasteiger partial charge in [0.05, 0.1) is 0 Å². The van der Waals surface area contributed by atoms with E-state index >= 15 is 0 Å². The van der Waals surface area contributed by atoms with Gasteiger partial charge in [0, 0.05) is 16.6 Å². The van der Waals surface area contributed by atoms with Crippen molar-refractivity contribution in [1.29, 1.82) is 0 Å². The molecule has 1 heterocycles. The molecule has 0 unspecified atom stereocenters. The third kappa shape index (κ3) is 2.50. The fourth-order valence-electron chi connectivity index (χ4n) is 1.32. The monoisotopic (exact) mass is 219 g/mol. The van der Waals surface area contributed by atoms with E-state index in [4.69, 9.17) is 10.5 Å². The maximum absolute atomic E-state index is 5.70. The van der Waals surface area contributed by atoms with Gasteiger partial charge in [0.25, 0.3) is 0 Å². The van der Waals surface area contributed by atoms with Crippen molar-refractivity contribution in [3.8, 4) is 5.75 Å². The summed E-state index contributed by atoms with van der Waals surface area (Å²) in [5.74, 6) is 0.864. The molecule has 15 heavy (non-hydrogen) atoms. The molecule has 2 aromatic rings. The Morgan fingerprint density at radius 3 is 2.93 bits per heavy atom. The second-order valence-corrected chi connectivity index (χ2v) is 4.43. The van der Waals surface area contributed by atoms with Crippen LogP contribution in [0.3, 0.4) is 0 Å². The van der Waals surface area contributed by atoms with E-state index in [-0.39, 0.29) is 0 Å². The maximum Gasteiger partial charge on any atom is 0.124 e. The van der Waals surface area contributed by atoms with Gasteiger partial charge in [0.2, 0.25) is 0 Å². The number of nitrogens with two attached hydrogens (primary N) is 1. The Hall–Kier alpha value is -1.48. The van der Waals surface area contributed by atoms with E-state index < -0.39 is 0 Å². The van der Waals surface area contributed by atoms with Gasteiger partial charge in [-0.2, -0.15) is 0 Å². The summed E-state index contributed by atoms with van der Waals surface area (Å²) in [6.07, 6.45) is 0. The molecule has 1 aromatic carbocycles. The first-order valence-electron chi connectivity index (χ1n) is 4.77. The zero-order valence-electron chi connectivity index (χ0n) is 8.57. The standard InChI is InChI=1S/C12H13NOS/c1-9-4-5-10(13)7-12(9)14-8-11-3-2-6-15-11/h2-7H,8,13H2,1H3. The molecule has 0 radical (unpaired) electrons. The lowest BCUT2D eigenvalue weighted by Gasteiger charge is -2.08. The quantitative estimate of drug-likeness (QED) is 0.804. The minimum Gasteiger partial charge on any atom is -0.488 e. The van der Waals surface area contributed by atoms with E-state index in [2.05, 4.69) is 6.07 Å². The fraction of sp³-hybridized carbons (Fsp3) is 0.167. The first-order valence-corrected chi connectivity index (χ1v) is 5.65. The summed E-state index contributed by atoms with van der Waals surface area (Å²) >= 11 is 1.70. The van der Waals surface area contributed by atoms with Crippen molar-refractivity contribution >= 4 is 17.0 Å². The Bertz CT molecular complexity index is 437. The van der Waals surface area contributed by atoms with Crippen LogP contribution in [0.1, 0.15) is 10.4 Å². The molecule has 0 aliphatic rings.